The van der Waals surface area contributed by atoms with Crippen LogP contribution in [0.2, 0.25) is 0 Å². The van der Waals surface area contributed by atoms with Crippen molar-refractivity contribution >= 4 is 34.6 Å². The van der Waals surface area contributed by atoms with Crippen LogP contribution in [-0.4, -0.2) is 91.7 Å². The Labute approximate surface area is 269 Å². The summed E-state index contributed by atoms with van der Waals surface area (Å²) in [5.41, 5.74) is 2.99. The number of piperidine rings is 1. The number of nitrogens with one attached hydrogen (secondary N) is 2. The van der Waals surface area contributed by atoms with E-state index in [2.05, 4.69) is 56.0 Å². The summed E-state index contributed by atoms with van der Waals surface area (Å²) in [6.07, 6.45) is 6.73. The smallest absolute Gasteiger partial charge is 0.247 e. The van der Waals surface area contributed by atoms with E-state index in [1.54, 1.807) is 24.3 Å². The predicted octanol–water partition coefficient (Wildman–Crippen LogP) is 4.98. The molecule has 6 rings (SSSR count). The highest BCUT2D eigenvalue weighted by atomic mass is 19.1. The number of benzene rings is 2. The van der Waals surface area contributed by atoms with Crippen molar-refractivity contribution in [2.24, 2.45) is 0 Å². The fourth-order valence-corrected chi connectivity index (χ4v) is 6.76. The van der Waals surface area contributed by atoms with Crippen molar-refractivity contribution < 1.29 is 18.8 Å². The molecule has 3 aliphatic heterocycles. The Bertz CT molecular complexity index is 1550. The molecule has 11 nitrogen and oxygen atoms in total. The van der Waals surface area contributed by atoms with Crippen LogP contribution < -0.4 is 25.3 Å². The van der Waals surface area contributed by atoms with Gasteiger partial charge in [-0.2, -0.15) is 0 Å². The maximum Gasteiger partial charge on any atom is 0.247 e. The number of hydrogen-bond acceptors (Lipinski definition) is 10. The molecule has 3 aliphatic rings. The van der Waals surface area contributed by atoms with Gasteiger partial charge in [-0.15, -0.1) is 0 Å². The van der Waals surface area contributed by atoms with E-state index in [4.69, 9.17) is 9.57 Å². The van der Waals surface area contributed by atoms with Crippen molar-refractivity contribution in [2.75, 3.05) is 74.6 Å². The van der Waals surface area contributed by atoms with Crippen LogP contribution in [0.15, 0.2) is 61.4 Å². The number of ether oxygens (including phenoxy) is 1. The summed E-state index contributed by atoms with van der Waals surface area (Å²) in [5.74, 6) is 1.07. The summed E-state index contributed by atoms with van der Waals surface area (Å²) in [6.45, 7) is 8.14. The van der Waals surface area contributed by atoms with Gasteiger partial charge in [-0.25, -0.2) is 19.4 Å². The van der Waals surface area contributed by atoms with Gasteiger partial charge in [0.25, 0.3) is 0 Å². The average molecular weight is 631 g/mol. The third-order valence-corrected chi connectivity index (χ3v) is 9.29. The minimum absolute atomic E-state index is 0.183. The first-order valence-electron chi connectivity index (χ1n) is 15.9. The molecule has 0 bridgehead atoms. The SMILES string of the molecule is C=CC(=O)Nc1cc(Nc2cc(N3OCCC3c3cccc(F)c3)ncn2)c(OC)cc1N1CCC(N2CC[C@@H](N(C)C)C2)CC1. The number of likely N-dealkylation sites (N-methyl/N-ethyl adjacent to an activating group) is 1. The Morgan fingerprint density at radius 1 is 1.09 bits per heavy atom. The first-order valence-corrected chi connectivity index (χ1v) is 15.9. The van der Waals surface area contributed by atoms with Crippen LogP contribution >= 0.6 is 0 Å². The molecule has 46 heavy (non-hydrogen) atoms. The Morgan fingerprint density at radius 2 is 1.91 bits per heavy atom. The van der Waals surface area contributed by atoms with E-state index in [9.17, 15) is 9.18 Å². The monoisotopic (exact) mass is 630 g/mol. The minimum Gasteiger partial charge on any atom is -0.494 e. The zero-order chi connectivity index (χ0) is 32.2. The molecule has 4 heterocycles. The summed E-state index contributed by atoms with van der Waals surface area (Å²) in [6, 6.07) is 13.1. The number of aromatic nitrogens is 2. The molecule has 0 saturated carbocycles. The van der Waals surface area contributed by atoms with Crippen molar-refractivity contribution in [2.45, 2.75) is 43.8 Å². The number of halogens is 1. The highest BCUT2D eigenvalue weighted by molar-refractivity contribution is 6.02. The molecule has 2 N–H and O–H groups in total. The number of likely N-dealkylation sites (tertiary alicyclic amines) is 1. The van der Waals surface area contributed by atoms with E-state index in [1.807, 2.05) is 18.2 Å². The standard InChI is InChI=1S/C34H43FN8O3/c1-5-34(44)39-27-18-28(31(45-4)19-30(27)41-13-9-25(10-14-41)42-15-11-26(21-42)40(2)3)38-32-20-33(37-22-36-32)43-29(12-16-46-43)23-7-6-8-24(35)17-23/h5-8,17-20,22,25-26,29H,1,9-16,21H2,2-4H3,(H,39,44)(H,36,37,38)/t26-,29?/m1/s1. The quantitative estimate of drug-likeness (QED) is 0.299. The number of nitrogens with zero attached hydrogens (tertiary/aromatic N) is 6. The first kappa shape index (κ1) is 31.7. The van der Waals surface area contributed by atoms with Gasteiger partial charge in [-0.05, 0) is 63.2 Å². The lowest BCUT2D eigenvalue weighted by Gasteiger charge is -2.39. The molecule has 3 saturated heterocycles. The molecule has 244 valence electrons. The van der Waals surface area contributed by atoms with Crippen molar-refractivity contribution in [3.05, 3.63) is 72.8 Å². The molecule has 0 aliphatic carbocycles. The summed E-state index contributed by atoms with van der Waals surface area (Å²) in [4.78, 5) is 34.6. The summed E-state index contributed by atoms with van der Waals surface area (Å²) < 4.78 is 19.8. The number of hydroxylamine groups is 1. The second-order valence-corrected chi connectivity index (χ2v) is 12.3. The molecule has 3 fully saturated rings. The molecule has 2 atom stereocenters. The van der Waals surface area contributed by atoms with Gasteiger partial charge in [-0.3, -0.25) is 14.5 Å². The lowest BCUT2D eigenvalue weighted by molar-refractivity contribution is -0.111. The summed E-state index contributed by atoms with van der Waals surface area (Å²) in [5, 5.41) is 8.05. The maximum atomic E-state index is 14.0. The van der Waals surface area contributed by atoms with Crippen LogP contribution in [-0.2, 0) is 9.63 Å². The molecule has 2 aromatic carbocycles. The normalized spacial score (nSPS) is 20.7. The summed E-state index contributed by atoms with van der Waals surface area (Å²) >= 11 is 0. The predicted molar refractivity (Wildman–Crippen MR) is 178 cm³/mol. The van der Waals surface area contributed by atoms with Crippen LogP contribution in [0.3, 0.4) is 0 Å². The Hall–Kier alpha value is -4.26. The number of hydrogen-bond donors (Lipinski definition) is 2. The fourth-order valence-electron chi connectivity index (χ4n) is 6.76. The summed E-state index contributed by atoms with van der Waals surface area (Å²) in [7, 11) is 5.95. The lowest BCUT2D eigenvalue weighted by Crippen LogP contribution is -2.45. The van der Waals surface area contributed by atoms with Gasteiger partial charge >= 0.3 is 0 Å². The zero-order valence-electron chi connectivity index (χ0n) is 26.8. The number of carbonyl (C=O) groups excluding carboxylic acids is 1. The third-order valence-electron chi connectivity index (χ3n) is 9.29. The molecule has 12 heteroatoms. The molecule has 3 aromatic rings. The van der Waals surface area contributed by atoms with E-state index in [0.29, 0.717) is 53.9 Å². The second-order valence-electron chi connectivity index (χ2n) is 12.3. The van der Waals surface area contributed by atoms with E-state index < -0.39 is 0 Å². The maximum absolute atomic E-state index is 14.0. The largest absolute Gasteiger partial charge is 0.494 e. The van der Waals surface area contributed by atoms with Gasteiger partial charge in [0.05, 0.1) is 36.8 Å². The zero-order valence-corrected chi connectivity index (χ0v) is 26.8. The van der Waals surface area contributed by atoms with Crippen LogP contribution in [0.5, 0.6) is 5.75 Å². The fraction of sp³-hybridized carbons (Fsp3) is 0.441. The van der Waals surface area contributed by atoms with Crippen LogP contribution in [0.1, 0.15) is 37.3 Å². The van der Waals surface area contributed by atoms with Gasteiger partial charge in [0.15, 0.2) is 5.82 Å². The molecule has 1 unspecified atom stereocenters. The molecule has 1 aromatic heterocycles. The van der Waals surface area contributed by atoms with Crippen molar-refractivity contribution in [1.29, 1.82) is 0 Å². The van der Waals surface area contributed by atoms with Crippen LogP contribution in [0.4, 0.5) is 33.1 Å². The Morgan fingerprint density at radius 3 is 2.63 bits per heavy atom. The van der Waals surface area contributed by atoms with Crippen molar-refractivity contribution in [3.8, 4) is 5.75 Å². The van der Waals surface area contributed by atoms with Crippen LogP contribution in [0.25, 0.3) is 0 Å². The lowest BCUT2D eigenvalue weighted by atomic mass is 10.0. The van der Waals surface area contributed by atoms with E-state index in [-0.39, 0.29) is 17.8 Å². The number of amides is 1. The van der Waals surface area contributed by atoms with E-state index in [1.165, 1.54) is 31.0 Å². The second kappa shape index (κ2) is 14.0. The highest BCUT2D eigenvalue weighted by Crippen LogP contribution is 2.41. The van der Waals surface area contributed by atoms with E-state index >= 15 is 0 Å². The molecular weight excluding hydrogens is 587 g/mol. The molecular formula is C34H43FN8O3. The van der Waals surface area contributed by atoms with E-state index in [0.717, 1.165) is 50.3 Å². The molecule has 0 radical (unpaired) electrons. The molecule has 1 amide bonds. The first-order chi connectivity index (χ1) is 22.3. The number of carbonyl (C=O) groups is 1. The topological polar surface area (TPSA) is 98.3 Å². The van der Waals surface area contributed by atoms with Gasteiger partial charge < -0.3 is 25.2 Å². The Kier molecular flexibility index (Phi) is 9.67. The minimum atomic E-state index is -0.294. The average Bonchev–Trinajstić information content (AvgIpc) is 3.77. The van der Waals surface area contributed by atoms with Crippen molar-refractivity contribution in [1.82, 2.24) is 19.8 Å². The Balaban J connectivity index is 1.22. The third kappa shape index (κ3) is 6.93. The van der Waals surface area contributed by atoms with Gasteiger partial charge in [0.1, 0.15) is 23.7 Å². The number of rotatable bonds is 10. The highest BCUT2D eigenvalue weighted by Gasteiger charge is 2.33. The molecule has 0 spiro atoms. The van der Waals surface area contributed by atoms with Crippen LogP contribution in [0, 0.1) is 5.82 Å². The van der Waals surface area contributed by atoms with Gasteiger partial charge in [-0.1, -0.05) is 18.7 Å². The van der Waals surface area contributed by atoms with Gasteiger partial charge in [0.2, 0.25) is 5.91 Å². The number of anilines is 5. The number of methoxy groups -OCH3 is 1. The van der Waals surface area contributed by atoms with Crippen molar-refractivity contribution in [3.63, 3.8) is 0 Å². The van der Waals surface area contributed by atoms with Gasteiger partial charge in [0, 0.05) is 56.8 Å².